The maximum absolute atomic E-state index is 12.4. The van der Waals surface area contributed by atoms with E-state index in [2.05, 4.69) is 5.32 Å². The van der Waals surface area contributed by atoms with Crippen LogP contribution in [0.15, 0.2) is 0 Å². The van der Waals surface area contributed by atoms with Crippen molar-refractivity contribution >= 4 is 0 Å². The summed E-state index contributed by atoms with van der Waals surface area (Å²) in [5.41, 5.74) is -1.50. The molecular weight excluding hydrogens is 183 g/mol. The van der Waals surface area contributed by atoms with Crippen LogP contribution < -0.4 is 5.32 Å². The molecular formula is C8H12F3NO. The van der Waals surface area contributed by atoms with Gasteiger partial charge in [-0.2, -0.15) is 13.2 Å². The summed E-state index contributed by atoms with van der Waals surface area (Å²) >= 11 is 0. The third-order valence-electron chi connectivity index (χ3n) is 2.79. The molecule has 0 aromatic rings. The topological polar surface area (TPSA) is 21.3 Å². The number of rotatable bonds is 3. The lowest BCUT2D eigenvalue weighted by Crippen LogP contribution is -2.49. The van der Waals surface area contributed by atoms with Gasteiger partial charge in [0.05, 0.1) is 18.1 Å². The molecule has 0 radical (unpaired) electrons. The Morgan fingerprint density at radius 1 is 1.31 bits per heavy atom. The van der Waals surface area contributed by atoms with Crippen LogP contribution >= 0.6 is 0 Å². The molecule has 0 bridgehead atoms. The monoisotopic (exact) mass is 195 g/mol. The smallest absolute Gasteiger partial charge is 0.375 e. The lowest BCUT2D eigenvalue weighted by atomic mass is 10.1. The van der Waals surface area contributed by atoms with Crippen LogP contribution in [-0.4, -0.2) is 32.0 Å². The fourth-order valence-electron chi connectivity index (χ4n) is 1.32. The van der Waals surface area contributed by atoms with E-state index in [1.54, 1.807) is 0 Å². The molecule has 0 unspecified atom stereocenters. The van der Waals surface area contributed by atoms with Crippen LogP contribution in [0, 0.1) is 5.41 Å². The van der Waals surface area contributed by atoms with E-state index in [0.717, 1.165) is 0 Å². The molecule has 2 rings (SSSR count). The zero-order valence-corrected chi connectivity index (χ0v) is 7.16. The number of hydrogen-bond donors (Lipinski definition) is 1. The molecule has 0 aromatic carbocycles. The van der Waals surface area contributed by atoms with Crippen LogP contribution in [0.3, 0.4) is 0 Å². The van der Waals surface area contributed by atoms with E-state index in [9.17, 15) is 13.2 Å². The van der Waals surface area contributed by atoms with Gasteiger partial charge in [0, 0.05) is 13.1 Å². The van der Waals surface area contributed by atoms with E-state index in [-0.39, 0.29) is 25.6 Å². The molecule has 0 spiro atoms. The van der Waals surface area contributed by atoms with Gasteiger partial charge in [0.25, 0.3) is 0 Å². The predicted molar refractivity (Wildman–Crippen MR) is 40.3 cm³/mol. The van der Waals surface area contributed by atoms with Crippen molar-refractivity contribution < 1.29 is 17.9 Å². The molecule has 13 heavy (non-hydrogen) atoms. The Hall–Kier alpha value is -0.290. The first-order chi connectivity index (χ1) is 6.04. The Morgan fingerprint density at radius 3 is 2.23 bits per heavy atom. The fraction of sp³-hybridized carbons (Fsp3) is 1.00. The molecule has 1 saturated carbocycles. The van der Waals surface area contributed by atoms with Crippen molar-refractivity contribution in [3.8, 4) is 0 Å². The highest BCUT2D eigenvalue weighted by molar-refractivity contribution is 4.99. The first-order valence-electron chi connectivity index (χ1n) is 4.43. The maximum Gasteiger partial charge on any atom is 0.396 e. The molecule has 1 N–H and O–H groups in total. The molecule has 1 aliphatic carbocycles. The van der Waals surface area contributed by atoms with Gasteiger partial charge in [0.1, 0.15) is 0 Å². The van der Waals surface area contributed by atoms with Crippen LogP contribution in [0.2, 0.25) is 0 Å². The first-order valence-corrected chi connectivity index (χ1v) is 4.43. The highest BCUT2D eigenvalue weighted by atomic mass is 19.4. The zero-order chi connectivity index (χ0) is 9.53. The minimum absolute atomic E-state index is 0.000162. The van der Waals surface area contributed by atoms with Crippen LogP contribution in [0.25, 0.3) is 0 Å². The van der Waals surface area contributed by atoms with Crippen molar-refractivity contribution in [1.29, 1.82) is 0 Å². The van der Waals surface area contributed by atoms with Crippen molar-refractivity contribution in [2.24, 2.45) is 5.41 Å². The van der Waals surface area contributed by atoms with Crippen molar-refractivity contribution in [2.75, 3.05) is 19.7 Å². The van der Waals surface area contributed by atoms with Crippen molar-refractivity contribution in [2.45, 2.75) is 25.1 Å². The Labute approximate surface area is 74.4 Å². The highest BCUT2D eigenvalue weighted by Gasteiger charge is 2.63. The maximum atomic E-state index is 12.4. The molecule has 0 atom stereocenters. The van der Waals surface area contributed by atoms with Gasteiger partial charge in [0.2, 0.25) is 0 Å². The van der Waals surface area contributed by atoms with Crippen LogP contribution in [0.4, 0.5) is 13.2 Å². The molecule has 1 aliphatic heterocycles. The van der Waals surface area contributed by atoms with Gasteiger partial charge in [-0.15, -0.1) is 0 Å². The second kappa shape index (κ2) is 2.85. The van der Waals surface area contributed by atoms with E-state index in [4.69, 9.17) is 4.74 Å². The number of ether oxygens (including phenoxy) is 1. The molecule has 1 heterocycles. The third kappa shape index (κ3) is 1.67. The zero-order valence-electron chi connectivity index (χ0n) is 7.16. The number of alkyl halides is 3. The second-order valence-corrected chi connectivity index (χ2v) is 3.87. The summed E-state index contributed by atoms with van der Waals surface area (Å²) in [5, 5.41) is 2.95. The molecule has 1 saturated heterocycles. The minimum atomic E-state index is -4.08. The summed E-state index contributed by atoms with van der Waals surface area (Å²) in [6, 6.07) is 0. The second-order valence-electron chi connectivity index (χ2n) is 3.87. The van der Waals surface area contributed by atoms with Gasteiger partial charge in [-0.25, -0.2) is 0 Å². The summed E-state index contributed by atoms with van der Waals surface area (Å²) in [6.45, 7) is 1.23. The molecule has 0 aromatic heterocycles. The Balaban J connectivity index is 1.79. The number of hydrogen-bond acceptors (Lipinski definition) is 2. The summed E-state index contributed by atoms with van der Waals surface area (Å²) in [7, 11) is 0. The molecule has 2 aliphatic rings. The molecule has 5 heteroatoms. The fourth-order valence-corrected chi connectivity index (χ4v) is 1.32. The van der Waals surface area contributed by atoms with Crippen LogP contribution in [-0.2, 0) is 4.74 Å². The van der Waals surface area contributed by atoms with Gasteiger partial charge >= 0.3 is 6.18 Å². The number of halogens is 3. The summed E-state index contributed by atoms with van der Waals surface area (Å²) in [4.78, 5) is 0. The third-order valence-corrected chi connectivity index (χ3v) is 2.79. The summed E-state index contributed by atoms with van der Waals surface area (Å²) in [5.74, 6) is 0. The largest absolute Gasteiger partial charge is 0.396 e. The van der Waals surface area contributed by atoms with Crippen molar-refractivity contribution in [3.05, 3.63) is 0 Å². The summed E-state index contributed by atoms with van der Waals surface area (Å²) in [6.07, 6.45) is -3.61. The highest BCUT2D eigenvalue weighted by Crippen LogP contribution is 2.57. The summed E-state index contributed by atoms with van der Waals surface area (Å²) < 4.78 is 42.3. The number of nitrogens with one attached hydrogen (secondary N) is 1. The molecule has 2 nitrogen and oxygen atoms in total. The van der Waals surface area contributed by atoms with Gasteiger partial charge in [-0.3, -0.25) is 0 Å². The van der Waals surface area contributed by atoms with E-state index in [0.29, 0.717) is 13.1 Å². The predicted octanol–water partition coefficient (Wildman–Crippen LogP) is 1.32. The SMILES string of the molecule is FC(F)(F)C1(COC2CNC2)CC1. The van der Waals surface area contributed by atoms with Gasteiger partial charge in [-0.05, 0) is 12.8 Å². The van der Waals surface area contributed by atoms with Gasteiger partial charge in [-0.1, -0.05) is 0 Å². The Bertz CT molecular complexity index is 196. The van der Waals surface area contributed by atoms with E-state index >= 15 is 0 Å². The molecule has 2 fully saturated rings. The quantitative estimate of drug-likeness (QED) is 0.733. The first kappa shape index (κ1) is 9.27. The van der Waals surface area contributed by atoms with Gasteiger partial charge < -0.3 is 10.1 Å². The van der Waals surface area contributed by atoms with Crippen LogP contribution in [0.5, 0.6) is 0 Å². The van der Waals surface area contributed by atoms with Gasteiger partial charge in [0.15, 0.2) is 0 Å². The lowest BCUT2D eigenvalue weighted by molar-refractivity contribution is -0.207. The van der Waals surface area contributed by atoms with Crippen molar-refractivity contribution in [3.63, 3.8) is 0 Å². The standard InChI is InChI=1S/C8H12F3NO/c9-8(10,11)7(1-2-7)5-13-6-3-12-4-6/h6,12H,1-5H2. The Morgan fingerprint density at radius 2 is 1.92 bits per heavy atom. The Kier molecular flexibility index (Phi) is 2.03. The average molecular weight is 195 g/mol. The van der Waals surface area contributed by atoms with E-state index < -0.39 is 11.6 Å². The molecule has 76 valence electrons. The molecule has 0 amide bonds. The van der Waals surface area contributed by atoms with Crippen molar-refractivity contribution in [1.82, 2.24) is 5.32 Å². The average Bonchev–Trinajstić information content (AvgIpc) is 2.62. The van der Waals surface area contributed by atoms with E-state index in [1.807, 2.05) is 0 Å². The van der Waals surface area contributed by atoms with Crippen LogP contribution in [0.1, 0.15) is 12.8 Å². The minimum Gasteiger partial charge on any atom is -0.375 e. The van der Waals surface area contributed by atoms with E-state index in [1.165, 1.54) is 0 Å². The lowest BCUT2D eigenvalue weighted by Gasteiger charge is -2.29. The normalized spacial score (nSPS) is 27.0.